The molecule has 4 heteroatoms. The van der Waals surface area contributed by atoms with Crippen molar-refractivity contribution in [3.8, 4) is 0 Å². The van der Waals surface area contributed by atoms with Crippen molar-refractivity contribution in [1.29, 1.82) is 0 Å². The number of aliphatic hydroxyl groups is 4. The Kier molecular flexibility index (Phi) is 7.37. The molecule has 0 spiro atoms. The lowest BCUT2D eigenvalue weighted by atomic mass is 9.95. The first-order chi connectivity index (χ1) is 7.99. The standard InChI is InChI=1S/C14H30O4/c1-13(2,17)9-7-11(15)5-6-12(16)8-10-14(3,4)18/h11-12,15-18H,5-10H2,1-4H3. The zero-order valence-corrected chi connectivity index (χ0v) is 12.2. The van der Waals surface area contributed by atoms with E-state index in [1.165, 1.54) is 0 Å². The molecule has 4 nitrogen and oxygen atoms in total. The fraction of sp³-hybridized carbons (Fsp3) is 1.00. The van der Waals surface area contributed by atoms with Crippen molar-refractivity contribution in [2.24, 2.45) is 0 Å². The number of hydrogen-bond donors (Lipinski definition) is 4. The molecule has 0 bridgehead atoms. The molecule has 0 aromatic heterocycles. The van der Waals surface area contributed by atoms with Gasteiger partial charge in [0.25, 0.3) is 0 Å². The molecule has 0 heterocycles. The van der Waals surface area contributed by atoms with E-state index in [9.17, 15) is 20.4 Å². The van der Waals surface area contributed by atoms with E-state index in [1.807, 2.05) is 0 Å². The summed E-state index contributed by atoms with van der Waals surface area (Å²) in [7, 11) is 0. The Morgan fingerprint density at radius 2 is 0.944 bits per heavy atom. The summed E-state index contributed by atoms with van der Waals surface area (Å²) in [6.45, 7) is 6.88. The quantitative estimate of drug-likeness (QED) is 0.509. The first-order valence-electron chi connectivity index (χ1n) is 6.80. The number of rotatable bonds is 9. The van der Waals surface area contributed by atoms with Gasteiger partial charge in [0.2, 0.25) is 0 Å². The summed E-state index contributed by atoms with van der Waals surface area (Å²) in [5, 5.41) is 38.5. The van der Waals surface area contributed by atoms with Gasteiger partial charge in [-0.2, -0.15) is 0 Å². The third-order valence-electron chi connectivity index (χ3n) is 3.01. The minimum Gasteiger partial charge on any atom is -0.393 e. The zero-order chi connectivity index (χ0) is 14.4. The summed E-state index contributed by atoms with van der Waals surface area (Å²) < 4.78 is 0. The average Bonchev–Trinajstić information content (AvgIpc) is 2.18. The van der Waals surface area contributed by atoms with Crippen LogP contribution in [0.4, 0.5) is 0 Å². The van der Waals surface area contributed by atoms with Crippen LogP contribution >= 0.6 is 0 Å². The lowest BCUT2D eigenvalue weighted by molar-refractivity contribution is 0.0331. The molecule has 110 valence electrons. The second-order valence-corrected chi connectivity index (χ2v) is 6.59. The van der Waals surface area contributed by atoms with Crippen LogP contribution in [0, 0.1) is 0 Å². The maximum absolute atomic E-state index is 9.72. The van der Waals surface area contributed by atoms with E-state index in [0.717, 1.165) is 0 Å². The molecule has 0 amide bonds. The zero-order valence-electron chi connectivity index (χ0n) is 12.2. The van der Waals surface area contributed by atoms with Crippen LogP contribution in [0.5, 0.6) is 0 Å². The maximum Gasteiger partial charge on any atom is 0.0592 e. The van der Waals surface area contributed by atoms with Gasteiger partial charge in [0.05, 0.1) is 23.4 Å². The SMILES string of the molecule is CC(C)(O)CCC(O)CCC(O)CCC(C)(C)O. The van der Waals surface area contributed by atoms with Gasteiger partial charge < -0.3 is 20.4 Å². The summed E-state index contributed by atoms with van der Waals surface area (Å²) in [6.07, 6.45) is 2.29. The maximum atomic E-state index is 9.72. The number of hydrogen-bond acceptors (Lipinski definition) is 4. The molecule has 0 fully saturated rings. The van der Waals surface area contributed by atoms with E-state index in [-0.39, 0.29) is 0 Å². The molecule has 0 radical (unpaired) electrons. The minimum absolute atomic E-state index is 0.479. The monoisotopic (exact) mass is 262 g/mol. The highest BCUT2D eigenvalue weighted by Crippen LogP contribution is 2.18. The van der Waals surface area contributed by atoms with Crippen LogP contribution in [-0.2, 0) is 0 Å². The van der Waals surface area contributed by atoms with Gasteiger partial charge in [-0.1, -0.05) is 0 Å². The summed E-state index contributed by atoms with van der Waals surface area (Å²) >= 11 is 0. The van der Waals surface area contributed by atoms with Crippen LogP contribution in [0.25, 0.3) is 0 Å². The van der Waals surface area contributed by atoms with E-state index in [1.54, 1.807) is 27.7 Å². The first-order valence-corrected chi connectivity index (χ1v) is 6.80. The molecule has 0 aromatic carbocycles. The van der Waals surface area contributed by atoms with Crippen molar-refractivity contribution in [3.05, 3.63) is 0 Å². The van der Waals surface area contributed by atoms with Crippen LogP contribution in [0.3, 0.4) is 0 Å². The average molecular weight is 262 g/mol. The van der Waals surface area contributed by atoms with Crippen molar-refractivity contribution in [2.45, 2.75) is 89.6 Å². The largest absolute Gasteiger partial charge is 0.393 e. The Bertz CT molecular complexity index is 191. The molecule has 4 N–H and O–H groups in total. The van der Waals surface area contributed by atoms with Gasteiger partial charge in [-0.05, 0) is 66.2 Å². The molecule has 0 aliphatic heterocycles. The molecule has 2 unspecified atom stereocenters. The summed E-state index contributed by atoms with van der Waals surface area (Å²) in [4.78, 5) is 0. The lowest BCUT2D eigenvalue weighted by Crippen LogP contribution is -2.23. The second-order valence-electron chi connectivity index (χ2n) is 6.59. The molecule has 0 aliphatic carbocycles. The summed E-state index contributed by atoms with van der Waals surface area (Å²) in [6, 6.07) is 0. The number of aliphatic hydroxyl groups excluding tert-OH is 2. The van der Waals surface area contributed by atoms with E-state index in [4.69, 9.17) is 0 Å². The van der Waals surface area contributed by atoms with Crippen molar-refractivity contribution < 1.29 is 20.4 Å². The molecular weight excluding hydrogens is 232 g/mol. The van der Waals surface area contributed by atoms with Crippen LogP contribution in [0.15, 0.2) is 0 Å². The van der Waals surface area contributed by atoms with Crippen molar-refractivity contribution in [3.63, 3.8) is 0 Å². The van der Waals surface area contributed by atoms with Crippen LogP contribution < -0.4 is 0 Å². The topological polar surface area (TPSA) is 80.9 Å². The van der Waals surface area contributed by atoms with Crippen molar-refractivity contribution >= 4 is 0 Å². The Morgan fingerprint density at radius 1 is 0.667 bits per heavy atom. The van der Waals surface area contributed by atoms with Gasteiger partial charge in [-0.15, -0.1) is 0 Å². The van der Waals surface area contributed by atoms with Gasteiger partial charge in [-0.25, -0.2) is 0 Å². The summed E-state index contributed by atoms with van der Waals surface area (Å²) in [5.74, 6) is 0. The molecule has 0 saturated heterocycles. The smallest absolute Gasteiger partial charge is 0.0592 e. The van der Waals surface area contributed by atoms with Gasteiger partial charge in [0, 0.05) is 0 Å². The second kappa shape index (κ2) is 7.43. The van der Waals surface area contributed by atoms with E-state index in [0.29, 0.717) is 38.5 Å². The molecule has 0 aliphatic rings. The molecule has 0 aromatic rings. The van der Waals surface area contributed by atoms with E-state index < -0.39 is 23.4 Å². The van der Waals surface area contributed by atoms with E-state index in [2.05, 4.69) is 0 Å². The predicted molar refractivity (Wildman–Crippen MR) is 72.3 cm³/mol. The highest BCUT2D eigenvalue weighted by atomic mass is 16.3. The van der Waals surface area contributed by atoms with Crippen LogP contribution in [-0.4, -0.2) is 43.8 Å². The molecule has 0 saturated carbocycles. The molecule has 2 atom stereocenters. The van der Waals surface area contributed by atoms with Crippen molar-refractivity contribution in [2.75, 3.05) is 0 Å². The third-order valence-corrected chi connectivity index (χ3v) is 3.01. The lowest BCUT2D eigenvalue weighted by Gasteiger charge is -2.21. The van der Waals surface area contributed by atoms with E-state index >= 15 is 0 Å². The minimum atomic E-state index is -0.749. The predicted octanol–water partition coefficient (Wildman–Crippen LogP) is 1.59. The molecule has 18 heavy (non-hydrogen) atoms. The Hall–Kier alpha value is -0.160. The molecular formula is C14H30O4. The normalized spacial score (nSPS) is 16.7. The summed E-state index contributed by atoms with van der Waals surface area (Å²) in [5.41, 5.74) is -1.50. The Balaban J connectivity index is 3.68. The highest BCUT2D eigenvalue weighted by Gasteiger charge is 2.18. The Labute approximate surface area is 111 Å². The first kappa shape index (κ1) is 17.8. The van der Waals surface area contributed by atoms with Crippen molar-refractivity contribution in [1.82, 2.24) is 0 Å². The van der Waals surface area contributed by atoms with Gasteiger partial charge in [0.15, 0.2) is 0 Å². The van der Waals surface area contributed by atoms with Gasteiger partial charge >= 0.3 is 0 Å². The third kappa shape index (κ3) is 12.3. The molecule has 0 rings (SSSR count). The fourth-order valence-electron chi connectivity index (χ4n) is 1.71. The Morgan fingerprint density at radius 3 is 1.17 bits per heavy atom. The van der Waals surface area contributed by atoms with Gasteiger partial charge in [0.1, 0.15) is 0 Å². The highest BCUT2D eigenvalue weighted by molar-refractivity contribution is 4.71. The van der Waals surface area contributed by atoms with Gasteiger partial charge in [-0.3, -0.25) is 0 Å². The van der Waals surface area contributed by atoms with Crippen LogP contribution in [0.1, 0.15) is 66.2 Å². The van der Waals surface area contributed by atoms with Crippen LogP contribution in [0.2, 0.25) is 0 Å². The fourth-order valence-corrected chi connectivity index (χ4v) is 1.71.